The summed E-state index contributed by atoms with van der Waals surface area (Å²) in [6.45, 7) is 2.78. The molecule has 1 aromatic rings. The molecule has 3 nitrogen and oxygen atoms in total. The Morgan fingerprint density at radius 2 is 2.38 bits per heavy atom. The molecule has 0 fully saturated rings. The molecule has 0 aliphatic heterocycles. The molecule has 0 bridgehead atoms. The lowest BCUT2D eigenvalue weighted by Gasteiger charge is -2.06. The van der Waals surface area contributed by atoms with Crippen molar-refractivity contribution >= 4 is 0 Å². The van der Waals surface area contributed by atoms with Gasteiger partial charge in [0.05, 0.1) is 0 Å². The summed E-state index contributed by atoms with van der Waals surface area (Å²) < 4.78 is 0. The molecule has 1 atom stereocenters. The highest BCUT2D eigenvalue weighted by atomic mass is 14.7. The fourth-order valence-corrected chi connectivity index (χ4v) is 1.10. The molecule has 1 unspecified atom stereocenters. The van der Waals surface area contributed by atoms with Crippen LogP contribution in [-0.2, 0) is 6.42 Å². The van der Waals surface area contributed by atoms with Gasteiger partial charge in [0.2, 0.25) is 0 Å². The monoisotopic (exact) mass is 175 g/mol. The Morgan fingerprint density at radius 1 is 1.62 bits per heavy atom. The fraction of sp³-hybridized carbons (Fsp3) is 0.400. The van der Waals surface area contributed by atoms with Crippen molar-refractivity contribution in [3.05, 3.63) is 29.6 Å². The standard InChI is InChI=1S/C10H13N3/c1-8(5-11)4-9-2-3-10(6-12)13-7-9/h2-3,7-8H,4-5,11H2,1H3. The first-order valence-corrected chi connectivity index (χ1v) is 4.31. The Balaban J connectivity index is 2.65. The number of pyridine rings is 1. The van der Waals surface area contributed by atoms with Crippen molar-refractivity contribution in [2.75, 3.05) is 6.54 Å². The van der Waals surface area contributed by atoms with E-state index in [9.17, 15) is 0 Å². The van der Waals surface area contributed by atoms with Gasteiger partial charge in [-0.3, -0.25) is 0 Å². The molecule has 0 amide bonds. The van der Waals surface area contributed by atoms with E-state index >= 15 is 0 Å². The summed E-state index contributed by atoms with van der Waals surface area (Å²) in [7, 11) is 0. The quantitative estimate of drug-likeness (QED) is 0.748. The highest BCUT2D eigenvalue weighted by molar-refractivity contribution is 5.23. The van der Waals surface area contributed by atoms with E-state index < -0.39 is 0 Å². The summed E-state index contributed by atoms with van der Waals surface area (Å²) in [5.41, 5.74) is 7.10. The van der Waals surface area contributed by atoms with E-state index in [1.165, 1.54) is 0 Å². The number of nitriles is 1. The van der Waals surface area contributed by atoms with Gasteiger partial charge in [-0.25, -0.2) is 4.98 Å². The SMILES string of the molecule is CC(CN)Cc1ccc(C#N)nc1. The Morgan fingerprint density at radius 3 is 2.85 bits per heavy atom. The molecule has 1 aromatic heterocycles. The molecule has 0 aromatic carbocycles. The van der Waals surface area contributed by atoms with Gasteiger partial charge in [0.1, 0.15) is 11.8 Å². The number of aromatic nitrogens is 1. The van der Waals surface area contributed by atoms with E-state index in [1.54, 1.807) is 12.3 Å². The second-order valence-corrected chi connectivity index (χ2v) is 3.21. The van der Waals surface area contributed by atoms with Gasteiger partial charge in [0.25, 0.3) is 0 Å². The topological polar surface area (TPSA) is 62.7 Å². The highest BCUT2D eigenvalue weighted by Crippen LogP contribution is 2.06. The molecule has 0 aliphatic carbocycles. The van der Waals surface area contributed by atoms with Crippen LogP contribution in [0.25, 0.3) is 0 Å². The third kappa shape index (κ3) is 2.85. The maximum atomic E-state index is 8.52. The summed E-state index contributed by atoms with van der Waals surface area (Å²) in [4.78, 5) is 3.98. The lowest BCUT2D eigenvalue weighted by molar-refractivity contribution is 0.592. The van der Waals surface area contributed by atoms with Crippen LogP contribution in [0.2, 0.25) is 0 Å². The summed E-state index contributed by atoms with van der Waals surface area (Å²) in [6, 6.07) is 5.65. The van der Waals surface area contributed by atoms with Gasteiger partial charge in [0, 0.05) is 6.20 Å². The predicted octanol–water partition coefficient (Wildman–Crippen LogP) is 1.09. The smallest absolute Gasteiger partial charge is 0.140 e. The van der Waals surface area contributed by atoms with E-state index in [0.717, 1.165) is 12.0 Å². The maximum Gasteiger partial charge on any atom is 0.140 e. The van der Waals surface area contributed by atoms with Crippen LogP contribution < -0.4 is 5.73 Å². The lowest BCUT2D eigenvalue weighted by Crippen LogP contribution is -2.13. The minimum Gasteiger partial charge on any atom is -0.330 e. The molecule has 1 rings (SSSR count). The molecular formula is C10H13N3. The van der Waals surface area contributed by atoms with Crippen LogP contribution in [0, 0.1) is 17.2 Å². The minimum atomic E-state index is 0.462. The summed E-state index contributed by atoms with van der Waals surface area (Å²) >= 11 is 0. The third-order valence-electron chi connectivity index (χ3n) is 1.93. The van der Waals surface area contributed by atoms with Crippen LogP contribution in [0.15, 0.2) is 18.3 Å². The zero-order valence-corrected chi connectivity index (χ0v) is 7.70. The van der Waals surface area contributed by atoms with E-state index in [4.69, 9.17) is 11.0 Å². The molecule has 2 N–H and O–H groups in total. The Bertz CT molecular complexity index is 297. The van der Waals surface area contributed by atoms with Gasteiger partial charge >= 0.3 is 0 Å². The van der Waals surface area contributed by atoms with Gasteiger partial charge in [-0.05, 0) is 30.5 Å². The van der Waals surface area contributed by atoms with Crippen LogP contribution in [0.5, 0.6) is 0 Å². The molecule has 0 radical (unpaired) electrons. The van der Waals surface area contributed by atoms with Gasteiger partial charge in [-0.2, -0.15) is 5.26 Å². The van der Waals surface area contributed by atoms with Crippen LogP contribution >= 0.6 is 0 Å². The fourth-order valence-electron chi connectivity index (χ4n) is 1.10. The maximum absolute atomic E-state index is 8.52. The van der Waals surface area contributed by atoms with Crippen molar-refractivity contribution in [2.45, 2.75) is 13.3 Å². The Kier molecular flexibility index (Phi) is 3.41. The zero-order valence-electron chi connectivity index (χ0n) is 7.70. The molecule has 1 heterocycles. The summed E-state index contributed by atoms with van der Waals surface area (Å²) in [5.74, 6) is 0.467. The van der Waals surface area contributed by atoms with Crippen LogP contribution in [0.1, 0.15) is 18.2 Å². The normalized spacial score (nSPS) is 12.1. The van der Waals surface area contributed by atoms with Crippen molar-refractivity contribution in [3.8, 4) is 6.07 Å². The summed E-state index contributed by atoms with van der Waals surface area (Å²) in [6.07, 6.45) is 2.67. The molecule has 13 heavy (non-hydrogen) atoms. The van der Waals surface area contributed by atoms with Crippen molar-refractivity contribution in [1.29, 1.82) is 5.26 Å². The van der Waals surface area contributed by atoms with Crippen molar-refractivity contribution in [3.63, 3.8) is 0 Å². The molecule has 0 aliphatic rings. The first kappa shape index (κ1) is 9.69. The first-order chi connectivity index (χ1) is 6.26. The largest absolute Gasteiger partial charge is 0.330 e. The minimum absolute atomic E-state index is 0.462. The highest BCUT2D eigenvalue weighted by Gasteiger charge is 2.01. The second-order valence-electron chi connectivity index (χ2n) is 3.21. The molecule has 0 saturated heterocycles. The average molecular weight is 175 g/mol. The predicted molar refractivity (Wildman–Crippen MR) is 50.9 cm³/mol. The number of hydrogen-bond acceptors (Lipinski definition) is 3. The second kappa shape index (κ2) is 4.58. The molecule has 68 valence electrons. The van der Waals surface area contributed by atoms with E-state index in [2.05, 4.69) is 11.9 Å². The van der Waals surface area contributed by atoms with Crippen molar-refractivity contribution < 1.29 is 0 Å². The third-order valence-corrected chi connectivity index (χ3v) is 1.93. The number of rotatable bonds is 3. The van der Waals surface area contributed by atoms with Gasteiger partial charge in [-0.15, -0.1) is 0 Å². The number of nitrogens with zero attached hydrogens (tertiary/aromatic N) is 2. The summed E-state index contributed by atoms with van der Waals surface area (Å²) in [5, 5.41) is 8.52. The molecule has 0 spiro atoms. The van der Waals surface area contributed by atoms with E-state index in [1.807, 2.05) is 12.1 Å². The van der Waals surface area contributed by atoms with E-state index in [0.29, 0.717) is 18.2 Å². The van der Waals surface area contributed by atoms with Crippen LogP contribution in [0.4, 0.5) is 0 Å². The molecular weight excluding hydrogens is 162 g/mol. The molecule has 0 saturated carbocycles. The Labute approximate surface area is 78.2 Å². The number of hydrogen-bond donors (Lipinski definition) is 1. The van der Waals surface area contributed by atoms with Crippen molar-refractivity contribution in [2.24, 2.45) is 11.7 Å². The van der Waals surface area contributed by atoms with Crippen LogP contribution in [0.3, 0.4) is 0 Å². The van der Waals surface area contributed by atoms with Gasteiger partial charge < -0.3 is 5.73 Å². The Hall–Kier alpha value is -1.40. The zero-order chi connectivity index (χ0) is 9.68. The van der Waals surface area contributed by atoms with E-state index in [-0.39, 0.29) is 0 Å². The lowest BCUT2D eigenvalue weighted by atomic mass is 10.0. The van der Waals surface area contributed by atoms with Crippen LogP contribution in [-0.4, -0.2) is 11.5 Å². The number of nitrogens with two attached hydrogens (primary N) is 1. The van der Waals surface area contributed by atoms with Crippen molar-refractivity contribution in [1.82, 2.24) is 4.98 Å². The average Bonchev–Trinajstić information content (AvgIpc) is 2.19. The van der Waals surface area contributed by atoms with Gasteiger partial charge in [0.15, 0.2) is 0 Å². The first-order valence-electron chi connectivity index (χ1n) is 4.31. The van der Waals surface area contributed by atoms with Gasteiger partial charge in [-0.1, -0.05) is 13.0 Å². The molecule has 3 heteroatoms.